The maximum absolute atomic E-state index is 12.7. The Morgan fingerprint density at radius 3 is 1.24 bits per heavy atom. The van der Waals surface area contributed by atoms with Gasteiger partial charge in [0.25, 0.3) is 0 Å². The fraction of sp³-hybridized carbons (Fsp3) is 0.350. The van der Waals surface area contributed by atoms with Crippen molar-refractivity contribution in [1.82, 2.24) is 0 Å². The number of benzene rings is 3. The molecule has 2 atom stereocenters. The zero-order valence-corrected chi connectivity index (χ0v) is 28.1. The van der Waals surface area contributed by atoms with Crippen LogP contribution < -0.4 is 18.9 Å². The van der Waals surface area contributed by atoms with Crippen molar-refractivity contribution in [3.05, 3.63) is 108 Å². The molecule has 0 bridgehead atoms. The van der Waals surface area contributed by atoms with Gasteiger partial charge in [-0.3, -0.25) is 0 Å². The lowest BCUT2D eigenvalue weighted by molar-refractivity contribution is -0.140. The number of carbonyl (C=O) groups excluding carboxylic acids is 4. The van der Waals surface area contributed by atoms with Gasteiger partial charge in [0.1, 0.15) is 35.2 Å². The van der Waals surface area contributed by atoms with Gasteiger partial charge in [-0.15, -0.1) is 0 Å². The highest BCUT2D eigenvalue weighted by atomic mass is 16.6. The van der Waals surface area contributed by atoms with Crippen molar-refractivity contribution in [3.63, 3.8) is 0 Å². The van der Waals surface area contributed by atoms with E-state index in [0.29, 0.717) is 71.3 Å². The van der Waals surface area contributed by atoms with E-state index in [-0.39, 0.29) is 24.1 Å². The van der Waals surface area contributed by atoms with E-state index in [1.807, 2.05) is 0 Å². The average Bonchev–Trinajstić information content (AvgIpc) is 3.62. The zero-order valence-electron chi connectivity index (χ0n) is 28.1. The SMILES string of the molecule is C=C1CC(CCCCCOc2ccc(C(=O)Oc3ccc(OC(=O)c4ccc(OCCCCCC5CC(=C)C(=O)O5)cc4)cc3)cc2)OC1=O. The van der Waals surface area contributed by atoms with E-state index in [1.54, 1.807) is 72.8 Å². The Hall–Kier alpha value is -5.38. The van der Waals surface area contributed by atoms with E-state index < -0.39 is 11.9 Å². The first kappa shape index (κ1) is 35.9. The molecule has 5 rings (SSSR count). The lowest BCUT2D eigenvalue weighted by Gasteiger charge is -2.10. The van der Waals surface area contributed by atoms with Crippen LogP contribution in [0.3, 0.4) is 0 Å². The quantitative estimate of drug-likeness (QED) is 0.0569. The smallest absolute Gasteiger partial charge is 0.343 e. The van der Waals surface area contributed by atoms with Gasteiger partial charge in [-0.1, -0.05) is 13.2 Å². The highest BCUT2D eigenvalue weighted by Crippen LogP contribution is 2.25. The third kappa shape index (κ3) is 10.8. The van der Waals surface area contributed by atoms with Gasteiger partial charge in [-0.05, 0) is 124 Å². The summed E-state index contributed by atoms with van der Waals surface area (Å²) in [7, 11) is 0. The third-order valence-electron chi connectivity index (χ3n) is 8.38. The van der Waals surface area contributed by atoms with E-state index in [2.05, 4.69) is 13.2 Å². The molecular formula is C40H42O10. The summed E-state index contributed by atoms with van der Waals surface area (Å²) in [4.78, 5) is 48.1. The molecule has 0 aromatic heterocycles. The first-order valence-electron chi connectivity index (χ1n) is 17.0. The fourth-order valence-electron chi connectivity index (χ4n) is 5.55. The van der Waals surface area contributed by atoms with Gasteiger partial charge >= 0.3 is 23.9 Å². The number of rotatable bonds is 18. The van der Waals surface area contributed by atoms with Crippen LogP contribution >= 0.6 is 0 Å². The normalized spacial score (nSPS) is 16.9. The highest BCUT2D eigenvalue weighted by Gasteiger charge is 2.27. The lowest BCUT2D eigenvalue weighted by atomic mass is 10.1. The fourth-order valence-corrected chi connectivity index (χ4v) is 5.55. The predicted molar refractivity (Wildman–Crippen MR) is 184 cm³/mol. The molecule has 0 N–H and O–H groups in total. The van der Waals surface area contributed by atoms with Crippen LogP contribution in [0.25, 0.3) is 0 Å². The van der Waals surface area contributed by atoms with Crippen LogP contribution in [-0.2, 0) is 19.1 Å². The van der Waals surface area contributed by atoms with Crippen molar-refractivity contribution in [2.24, 2.45) is 0 Å². The highest BCUT2D eigenvalue weighted by molar-refractivity contribution is 5.92. The largest absolute Gasteiger partial charge is 0.494 e. The molecule has 0 saturated carbocycles. The van der Waals surface area contributed by atoms with Gasteiger partial charge in [0, 0.05) is 24.0 Å². The summed E-state index contributed by atoms with van der Waals surface area (Å²) in [5.74, 6) is 0.298. The summed E-state index contributed by atoms with van der Waals surface area (Å²) in [6.07, 6.45) is 8.28. The summed E-state index contributed by atoms with van der Waals surface area (Å²) in [5, 5.41) is 0. The van der Waals surface area contributed by atoms with Crippen LogP contribution in [0.2, 0.25) is 0 Å². The Morgan fingerprint density at radius 2 is 0.900 bits per heavy atom. The van der Waals surface area contributed by atoms with Gasteiger partial charge < -0.3 is 28.4 Å². The number of hydrogen-bond acceptors (Lipinski definition) is 10. The van der Waals surface area contributed by atoms with Gasteiger partial charge in [-0.25, -0.2) is 19.2 Å². The second-order valence-corrected chi connectivity index (χ2v) is 12.4. The topological polar surface area (TPSA) is 124 Å². The Balaban J connectivity index is 0.950. The summed E-state index contributed by atoms with van der Waals surface area (Å²) >= 11 is 0. The summed E-state index contributed by atoms with van der Waals surface area (Å²) < 4.78 is 33.0. The molecule has 50 heavy (non-hydrogen) atoms. The Kier molecular flexibility index (Phi) is 12.8. The van der Waals surface area contributed by atoms with Crippen LogP contribution in [0.15, 0.2) is 97.1 Å². The molecule has 2 heterocycles. The minimum absolute atomic E-state index is 0.0527. The first-order chi connectivity index (χ1) is 24.2. The summed E-state index contributed by atoms with van der Waals surface area (Å²) in [6, 6.07) is 19.7. The van der Waals surface area contributed by atoms with Gasteiger partial charge in [0.15, 0.2) is 0 Å². The standard InChI is InChI=1S/C40H42O10/c1-27-25-35(49-37(27)41)9-5-3-7-23-45-31-15-11-29(12-16-31)39(43)47-33-19-21-34(22-20-33)48-40(44)30-13-17-32(18-14-30)46-24-8-4-6-10-36-26-28(2)38(42)50-36/h11-22,35-36H,1-10,23-26H2. The van der Waals surface area contributed by atoms with Gasteiger partial charge in [0.05, 0.1) is 24.3 Å². The zero-order chi connectivity index (χ0) is 35.3. The summed E-state index contributed by atoms with van der Waals surface area (Å²) in [5.41, 5.74) is 1.83. The molecular weight excluding hydrogens is 640 g/mol. The number of carbonyl (C=O) groups is 4. The maximum Gasteiger partial charge on any atom is 0.343 e. The molecule has 0 radical (unpaired) electrons. The molecule has 2 saturated heterocycles. The Labute approximate surface area is 292 Å². The Morgan fingerprint density at radius 1 is 0.540 bits per heavy atom. The molecule has 262 valence electrons. The molecule has 2 fully saturated rings. The van der Waals surface area contributed by atoms with Crippen molar-refractivity contribution in [1.29, 1.82) is 0 Å². The molecule has 2 aliphatic rings. The number of ether oxygens (including phenoxy) is 6. The number of hydrogen-bond donors (Lipinski definition) is 0. The van der Waals surface area contributed by atoms with Crippen LogP contribution in [0, 0.1) is 0 Å². The van der Waals surface area contributed by atoms with E-state index in [1.165, 1.54) is 0 Å². The van der Waals surface area contributed by atoms with Crippen LogP contribution in [0.4, 0.5) is 0 Å². The van der Waals surface area contributed by atoms with Crippen LogP contribution in [-0.4, -0.2) is 49.3 Å². The molecule has 2 unspecified atom stereocenters. The van der Waals surface area contributed by atoms with Gasteiger partial charge in [-0.2, -0.15) is 0 Å². The number of unbranched alkanes of at least 4 members (excludes halogenated alkanes) is 4. The predicted octanol–water partition coefficient (Wildman–Crippen LogP) is 7.75. The number of cyclic esters (lactones) is 2. The molecule has 10 heteroatoms. The van der Waals surface area contributed by atoms with Crippen LogP contribution in [0.1, 0.15) is 84.9 Å². The van der Waals surface area contributed by atoms with Crippen molar-refractivity contribution in [2.45, 2.75) is 76.4 Å². The molecule has 0 amide bonds. The minimum atomic E-state index is -0.526. The summed E-state index contributed by atoms with van der Waals surface area (Å²) in [6.45, 7) is 8.49. The van der Waals surface area contributed by atoms with E-state index in [4.69, 9.17) is 28.4 Å². The van der Waals surface area contributed by atoms with E-state index >= 15 is 0 Å². The van der Waals surface area contributed by atoms with E-state index in [0.717, 1.165) is 51.4 Å². The Bertz CT molecular complexity index is 1500. The average molecular weight is 683 g/mol. The van der Waals surface area contributed by atoms with Crippen molar-refractivity contribution in [2.75, 3.05) is 13.2 Å². The second-order valence-electron chi connectivity index (χ2n) is 12.4. The second kappa shape index (κ2) is 17.9. The van der Waals surface area contributed by atoms with Gasteiger partial charge in [0.2, 0.25) is 0 Å². The minimum Gasteiger partial charge on any atom is -0.494 e. The monoisotopic (exact) mass is 682 g/mol. The first-order valence-corrected chi connectivity index (χ1v) is 17.0. The molecule has 2 aliphatic heterocycles. The molecule has 10 nitrogen and oxygen atoms in total. The van der Waals surface area contributed by atoms with E-state index in [9.17, 15) is 19.2 Å². The van der Waals surface area contributed by atoms with Crippen molar-refractivity contribution in [3.8, 4) is 23.0 Å². The van der Waals surface area contributed by atoms with Crippen molar-refractivity contribution >= 4 is 23.9 Å². The number of esters is 4. The molecule has 3 aromatic rings. The molecule has 3 aromatic carbocycles. The lowest BCUT2D eigenvalue weighted by Crippen LogP contribution is -2.10. The molecule has 0 aliphatic carbocycles. The third-order valence-corrected chi connectivity index (χ3v) is 8.38. The molecule has 0 spiro atoms. The van der Waals surface area contributed by atoms with Crippen LogP contribution in [0.5, 0.6) is 23.0 Å². The van der Waals surface area contributed by atoms with Crippen molar-refractivity contribution < 1.29 is 47.6 Å². The maximum atomic E-state index is 12.7.